The van der Waals surface area contributed by atoms with Crippen LogP contribution < -0.4 is 15.4 Å². The highest BCUT2D eigenvalue weighted by Crippen LogP contribution is 2.29. The quantitative estimate of drug-likeness (QED) is 0.614. The van der Waals surface area contributed by atoms with Crippen LogP contribution in [0.4, 0.5) is 21.6 Å². The topological polar surface area (TPSA) is 150 Å². The maximum Gasteiger partial charge on any atom is 0.410 e. The van der Waals surface area contributed by atoms with Gasteiger partial charge in [-0.05, 0) is 31.5 Å². The number of hydrogen-bond donors (Lipinski definition) is 4. The average Bonchev–Trinajstić information content (AvgIpc) is 2.77. The number of carboxylic acid groups (broad SMARTS) is 1. The van der Waals surface area contributed by atoms with Crippen molar-refractivity contribution in [3.8, 4) is 0 Å². The molecule has 2 amide bonds. The fourth-order valence-corrected chi connectivity index (χ4v) is 4.37. The SMILES string of the molecule is CC(=O)Nc1nc(C)c(S(=O)(=O)Nc2cc(C)cc(NC(=O)O)n2)s1. The van der Waals surface area contributed by atoms with Crippen LogP contribution in [0.1, 0.15) is 18.2 Å². The third kappa shape index (κ3) is 4.87. The lowest BCUT2D eigenvalue weighted by Crippen LogP contribution is -2.15. The average molecular weight is 385 g/mol. The van der Waals surface area contributed by atoms with Crippen LogP contribution in [0.25, 0.3) is 0 Å². The highest BCUT2D eigenvalue weighted by molar-refractivity contribution is 7.94. The number of nitrogens with one attached hydrogen (secondary N) is 3. The fourth-order valence-electron chi connectivity index (χ4n) is 1.91. The molecule has 0 saturated carbocycles. The third-order valence-electron chi connectivity index (χ3n) is 2.72. The fraction of sp³-hybridized carbons (Fsp3) is 0.231. The normalized spacial score (nSPS) is 11.0. The predicted molar refractivity (Wildman–Crippen MR) is 92.6 cm³/mol. The Hall–Kier alpha value is -2.73. The Morgan fingerprint density at radius 2 is 1.76 bits per heavy atom. The zero-order chi connectivity index (χ0) is 18.8. The standard InChI is InChI=1S/C13H15N5O5S2/c1-6-4-9(17-13(20)21)16-10(5-6)18-25(22,23)11-7(2)14-12(24-11)15-8(3)19/h4-5H,1-3H3,(H,20,21)(H,14,15,19)(H2,16,17,18). The van der Waals surface area contributed by atoms with Gasteiger partial charge in [-0.2, -0.15) is 0 Å². The number of amides is 2. The summed E-state index contributed by atoms with van der Waals surface area (Å²) in [6, 6.07) is 2.91. The summed E-state index contributed by atoms with van der Waals surface area (Å²) < 4.78 is 27.3. The molecular weight excluding hydrogens is 370 g/mol. The number of rotatable bonds is 5. The van der Waals surface area contributed by atoms with Gasteiger partial charge in [0, 0.05) is 6.92 Å². The monoisotopic (exact) mass is 385 g/mol. The van der Waals surface area contributed by atoms with Gasteiger partial charge >= 0.3 is 6.09 Å². The van der Waals surface area contributed by atoms with E-state index < -0.39 is 16.1 Å². The van der Waals surface area contributed by atoms with Crippen molar-refractivity contribution in [3.63, 3.8) is 0 Å². The van der Waals surface area contributed by atoms with E-state index in [1.165, 1.54) is 26.0 Å². The molecule has 134 valence electrons. The molecular formula is C13H15N5O5S2. The van der Waals surface area contributed by atoms with E-state index in [-0.39, 0.29) is 32.6 Å². The summed E-state index contributed by atoms with van der Waals surface area (Å²) >= 11 is 0.802. The molecule has 0 atom stereocenters. The summed E-state index contributed by atoms with van der Waals surface area (Å²) in [5.41, 5.74) is 0.828. The highest BCUT2D eigenvalue weighted by Gasteiger charge is 2.23. The lowest BCUT2D eigenvalue weighted by Gasteiger charge is -2.09. The molecule has 0 spiro atoms. The number of anilines is 3. The second-order valence-electron chi connectivity index (χ2n) is 5.02. The molecule has 0 aliphatic rings. The van der Waals surface area contributed by atoms with Crippen LogP contribution in [0.5, 0.6) is 0 Å². The first kappa shape index (κ1) is 18.6. The van der Waals surface area contributed by atoms with Gasteiger partial charge in [0.05, 0.1) is 5.69 Å². The van der Waals surface area contributed by atoms with Crippen LogP contribution in [0.2, 0.25) is 0 Å². The second-order valence-corrected chi connectivity index (χ2v) is 7.90. The molecule has 2 aromatic heterocycles. The van der Waals surface area contributed by atoms with Gasteiger partial charge in [0.15, 0.2) is 9.34 Å². The number of carbonyl (C=O) groups excluding carboxylic acids is 1. The van der Waals surface area contributed by atoms with Crippen molar-refractivity contribution in [2.24, 2.45) is 0 Å². The Kier molecular flexibility index (Phi) is 5.23. The second kappa shape index (κ2) is 7.03. The van der Waals surface area contributed by atoms with Crippen molar-refractivity contribution < 1.29 is 23.1 Å². The third-order valence-corrected chi connectivity index (χ3v) is 5.76. The Bertz CT molecular complexity index is 938. The van der Waals surface area contributed by atoms with Gasteiger partial charge in [-0.25, -0.2) is 23.2 Å². The summed E-state index contributed by atoms with van der Waals surface area (Å²) in [5.74, 6) is -0.418. The van der Waals surface area contributed by atoms with Gasteiger partial charge in [-0.3, -0.25) is 14.8 Å². The first-order valence-corrected chi connectivity index (χ1v) is 9.13. The van der Waals surface area contributed by atoms with E-state index in [1.54, 1.807) is 6.92 Å². The van der Waals surface area contributed by atoms with Crippen molar-refractivity contribution in [2.75, 3.05) is 15.4 Å². The molecule has 0 fully saturated rings. The van der Waals surface area contributed by atoms with Crippen LogP contribution >= 0.6 is 11.3 Å². The minimum atomic E-state index is -4.00. The number of hydrogen-bond acceptors (Lipinski definition) is 7. The van der Waals surface area contributed by atoms with Gasteiger partial charge in [-0.1, -0.05) is 11.3 Å². The summed E-state index contributed by atoms with van der Waals surface area (Å²) in [7, 11) is -4.00. The molecule has 0 bridgehead atoms. The summed E-state index contributed by atoms with van der Waals surface area (Å²) in [6.07, 6.45) is -1.31. The number of aryl methyl sites for hydroxylation is 2. The van der Waals surface area contributed by atoms with Crippen LogP contribution in [0, 0.1) is 13.8 Å². The first-order valence-electron chi connectivity index (χ1n) is 6.83. The predicted octanol–water partition coefficient (Wildman–Crippen LogP) is 2.00. The number of sulfonamides is 1. The Morgan fingerprint density at radius 1 is 1.12 bits per heavy atom. The van der Waals surface area contributed by atoms with Gasteiger partial charge in [0.1, 0.15) is 11.6 Å². The Morgan fingerprint density at radius 3 is 2.36 bits per heavy atom. The van der Waals surface area contributed by atoms with Gasteiger partial charge in [-0.15, -0.1) is 0 Å². The largest absolute Gasteiger partial charge is 0.465 e. The molecule has 0 aliphatic heterocycles. The molecule has 12 heteroatoms. The van der Waals surface area contributed by atoms with Gasteiger partial charge in [0.25, 0.3) is 10.0 Å². The number of carbonyl (C=O) groups is 2. The molecule has 4 N–H and O–H groups in total. The molecule has 0 unspecified atom stereocenters. The Labute approximate surface area is 147 Å². The smallest absolute Gasteiger partial charge is 0.410 e. The van der Waals surface area contributed by atoms with E-state index in [9.17, 15) is 18.0 Å². The number of thiazole rings is 1. The molecule has 2 heterocycles. The molecule has 0 aliphatic carbocycles. The lowest BCUT2D eigenvalue weighted by atomic mass is 10.3. The molecule has 2 rings (SSSR count). The minimum Gasteiger partial charge on any atom is -0.465 e. The minimum absolute atomic E-state index is 0.00911. The van der Waals surface area contributed by atoms with E-state index in [0.717, 1.165) is 11.3 Å². The van der Waals surface area contributed by atoms with Crippen molar-refractivity contribution in [1.29, 1.82) is 0 Å². The summed E-state index contributed by atoms with van der Waals surface area (Å²) in [4.78, 5) is 29.7. The van der Waals surface area contributed by atoms with Crippen molar-refractivity contribution in [1.82, 2.24) is 9.97 Å². The Balaban J connectivity index is 2.33. The van der Waals surface area contributed by atoms with Gasteiger partial charge < -0.3 is 10.4 Å². The molecule has 2 aromatic rings. The van der Waals surface area contributed by atoms with Crippen LogP contribution in [-0.4, -0.2) is 35.5 Å². The number of nitrogens with zero attached hydrogens (tertiary/aromatic N) is 2. The van der Waals surface area contributed by atoms with Crippen LogP contribution in [-0.2, 0) is 14.8 Å². The van der Waals surface area contributed by atoms with Crippen LogP contribution in [0.15, 0.2) is 16.3 Å². The zero-order valence-corrected chi connectivity index (χ0v) is 15.1. The van der Waals surface area contributed by atoms with Gasteiger partial charge in [0.2, 0.25) is 5.91 Å². The van der Waals surface area contributed by atoms with E-state index in [4.69, 9.17) is 5.11 Å². The molecule has 0 aromatic carbocycles. The van der Waals surface area contributed by atoms with Crippen molar-refractivity contribution in [3.05, 3.63) is 23.4 Å². The van der Waals surface area contributed by atoms with Crippen molar-refractivity contribution >= 4 is 50.1 Å². The highest BCUT2D eigenvalue weighted by atomic mass is 32.2. The van der Waals surface area contributed by atoms with Crippen LogP contribution in [0.3, 0.4) is 0 Å². The molecule has 0 radical (unpaired) electrons. The van der Waals surface area contributed by atoms with E-state index >= 15 is 0 Å². The summed E-state index contributed by atoms with van der Waals surface area (Å²) in [5, 5.41) is 13.4. The number of aromatic nitrogens is 2. The van der Waals surface area contributed by atoms with E-state index in [1.807, 2.05) is 0 Å². The van der Waals surface area contributed by atoms with E-state index in [0.29, 0.717) is 5.56 Å². The molecule has 25 heavy (non-hydrogen) atoms. The maximum absolute atomic E-state index is 12.5. The summed E-state index contributed by atoms with van der Waals surface area (Å²) in [6.45, 7) is 4.45. The van der Waals surface area contributed by atoms with Crippen molar-refractivity contribution in [2.45, 2.75) is 25.0 Å². The lowest BCUT2D eigenvalue weighted by molar-refractivity contribution is -0.114. The number of pyridine rings is 1. The van der Waals surface area contributed by atoms with E-state index in [2.05, 4.69) is 25.3 Å². The maximum atomic E-state index is 12.5. The molecule has 0 saturated heterocycles. The first-order chi connectivity index (χ1) is 11.6. The molecule has 10 nitrogen and oxygen atoms in total. The zero-order valence-electron chi connectivity index (χ0n) is 13.4.